The smallest absolute Gasteiger partial charge is 1.00 e. The SMILES string of the molecule is CC[O][AlH2].[H-].[Na+]. The second-order valence-corrected chi connectivity index (χ2v) is 1.15. The molecule has 0 saturated heterocycles. The van der Waals surface area contributed by atoms with E-state index >= 15 is 0 Å². The van der Waals surface area contributed by atoms with Crippen molar-refractivity contribution in [2.45, 2.75) is 6.92 Å². The monoisotopic (exact) mass is 98.0 g/mol. The molecule has 0 amide bonds. The summed E-state index contributed by atoms with van der Waals surface area (Å²) in [5.74, 6) is 0. The molecule has 0 unspecified atom stereocenters. The Kier molecular flexibility index (Phi) is 17.6. The molecule has 0 bridgehead atoms. The molecular formula is C2H8AlNaO. The van der Waals surface area contributed by atoms with Crippen LogP contribution in [0.1, 0.15) is 8.35 Å². The Morgan fingerprint density at radius 1 is 2.00 bits per heavy atom. The molecule has 0 aliphatic rings. The zero-order chi connectivity index (χ0) is 3.41. The van der Waals surface area contributed by atoms with Crippen molar-refractivity contribution in [1.82, 2.24) is 0 Å². The van der Waals surface area contributed by atoms with Crippen LogP contribution < -0.4 is 29.6 Å². The molecule has 0 aliphatic heterocycles. The van der Waals surface area contributed by atoms with Crippen LogP contribution in [0.15, 0.2) is 0 Å². The quantitative estimate of drug-likeness (QED) is 0.312. The molecule has 0 spiro atoms. The molecule has 0 aromatic carbocycles. The molecule has 0 aliphatic carbocycles. The first kappa shape index (κ1) is 9.70. The fraction of sp³-hybridized carbons (Fsp3) is 1.00. The zero-order valence-electron chi connectivity index (χ0n) is 5.12. The van der Waals surface area contributed by atoms with Crippen LogP contribution in [-0.2, 0) is 3.79 Å². The Balaban J connectivity index is -0.0000000450. The summed E-state index contributed by atoms with van der Waals surface area (Å²) in [6.45, 7) is 2.87. The largest absolute Gasteiger partial charge is 1.00 e. The van der Waals surface area contributed by atoms with Crippen LogP contribution in [0.25, 0.3) is 0 Å². The van der Waals surface area contributed by atoms with Gasteiger partial charge >= 0.3 is 46.2 Å². The maximum absolute atomic E-state index is 4.68. The van der Waals surface area contributed by atoms with Crippen LogP contribution in [0.4, 0.5) is 0 Å². The maximum atomic E-state index is 4.68. The summed E-state index contributed by atoms with van der Waals surface area (Å²) in [6.07, 6.45) is 0. The van der Waals surface area contributed by atoms with E-state index in [1.165, 1.54) is 0 Å². The predicted octanol–water partition coefficient (Wildman–Crippen LogP) is -3.31. The van der Waals surface area contributed by atoms with Crippen LogP contribution in [0, 0.1) is 0 Å². The molecule has 0 N–H and O–H groups in total. The van der Waals surface area contributed by atoms with Gasteiger partial charge in [-0.1, -0.05) is 0 Å². The Morgan fingerprint density at radius 3 is 2.20 bits per heavy atom. The summed E-state index contributed by atoms with van der Waals surface area (Å²) in [5.41, 5.74) is 0. The third-order valence-corrected chi connectivity index (χ3v) is 0.866. The molecule has 1 nitrogen and oxygen atoms in total. The van der Waals surface area contributed by atoms with E-state index in [-0.39, 0.29) is 31.0 Å². The van der Waals surface area contributed by atoms with Gasteiger partial charge in [0.15, 0.2) is 0 Å². The van der Waals surface area contributed by atoms with E-state index in [1.54, 1.807) is 0 Å². The van der Waals surface area contributed by atoms with Gasteiger partial charge in [0.2, 0.25) is 0 Å². The maximum Gasteiger partial charge on any atom is 1.00 e. The molecule has 0 rings (SSSR count). The van der Waals surface area contributed by atoms with E-state index in [2.05, 4.69) is 3.79 Å². The minimum atomic E-state index is 0. The molecule has 0 saturated carbocycles. The van der Waals surface area contributed by atoms with E-state index in [9.17, 15) is 0 Å². The van der Waals surface area contributed by atoms with Crippen molar-refractivity contribution in [1.29, 1.82) is 0 Å². The molecule has 0 aromatic heterocycles. The van der Waals surface area contributed by atoms with Crippen molar-refractivity contribution < 1.29 is 34.8 Å². The van der Waals surface area contributed by atoms with E-state index in [0.29, 0.717) is 0 Å². The molecule has 3 heteroatoms. The molecular weight excluding hydrogens is 90.0 g/mol. The normalized spacial score (nSPS) is 5.80. The van der Waals surface area contributed by atoms with Crippen LogP contribution in [0.5, 0.6) is 0 Å². The zero-order valence-corrected chi connectivity index (χ0v) is 8.12. The average Bonchev–Trinajstić information content (AvgIpc) is 1.37. The minimum Gasteiger partial charge on any atom is -1.00 e. The van der Waals surface area contributed by atoms with Crippen molar-refractivity contribution in [3.8, 4) is 0 Å². The number of rotatable bonds is 1. The van der Waals surface area contributed by atoms with Gasteiger partial charge in [-0.15, -0.1) is 0 Å². The molecule has 26 valence electrons. The van der Waals surface area contributed by atoms with Gasteiger partial charge in [0.25, 0.3) is 0 Å². The molecule has 0 atom stereocenters. The number of hydrogen-bond acceptors (Lipinski definition) is 1. The first-order valence-corrected chi connectivity index (χ1v) is 2.22. The second kappa shape index (κ2) is 9.09. The summed E-state index contributed by atoms with van der Waals surface area (Å²) in [6, 6.07) is 0. The first-order valence-electron chi connectivity index (χ1n) is 1.40. The van der Waals surface area contributed by atoms with Gasteiger partial charge < -0.3 is 5.22 Å². The van der Waals surface area contributed by atoms with Gasteiger partial charge in [0, 0.05) is 6.61 Å². The van der Waals surface area contributed by atoms with Gasteiger partial charge in [-0.2, -0.15) is 0 Å². The summed E-state index contributed by atoms with van der Waals surface area (Å²) < 4.78 is 4.68. The average molecular weight is 98.1 g/mol. The van der Waals surface area contributed by atoms with E-state index < -0.39 is 0 Å². The van der Waals surface area contributed by atoms with E-state index in [4.69, 9.17) is 0 Å². The van der Waals surface area contributed by atoms with Crippen LogP contribution in [-0.4, -0.2) is 23.2 Å². The van der Waals surface area contributed by atoms with Crippen LogP contribution in [0.3, 0.4) is 0 Å². The van der Waals surface area contributed by atoms with E-state index in [1.807, 2.05) is 6.92 Å². The molecule has 0 radical (unpaired) electrons. The molecule has 0 fully saturated rings. The van der Waals surface area contributed by atoms with Crippen molar-refractivity contribution >= 4 is 16.6 Å². The van der Waals surface area contributed by atoms with Crippen molar-refractivity contribution in [3.63, 3.8) is 0 Å². The van der Waals surface area contributed by atoms with Gasteiger partial charge in [0.1, 0.15) is 0 Å². The Morgan fingerprint density at radius 2 is 2.20 bits per heavy atom. The Bertz CT molecular complexity index is 15.5. The van der Waals surface area contributed by atoms with Crippen molar-refractivity contribution in [3.05, 3.63) is 0 Å². The van der Waals surface area contributed by atoms with Gasteiger partial charge in [-0.05, 0) is 6.92 Å². The molecule has 0 aromatic rings. The summed E-state index contributed by atoms with van der Waals surface area (Å²) in [5, 5.41) is 0. The predicted molar refractivity (Wildman–Crippen MR) is 21.3 cm³/mol. The fourth-order valence-electron chi connectivity index (χ4n) is 0. The Labute approximate surface area is 64.6 Å². The molecule has 0 heterocycles. The van der Waals surface area contributed by atoms with E-state index in [0.717, 1.165) is 23.2 Å². The summed E-state index contributed by atoms with van der Waals surface area (Å²) in [7, 11) is 0. The van der Waals surface area contributed by atoms with Crippen LogP contribution >= 0.6 is 0 Å². The topological polar surface area (TPSA) is 9.23 Å². The van der Waals surface area contributed by atoms with Gasteiger partial charge in [0.05, 0.1) is 0 Å². The number of hydrogen-bond donors (Lipinski definition) is 0. The summed E-state index contributed by atoms with van der Waals surface area (Å²) in [4.78, 5) is 0. The standard InChI is InChI=1S/C2H5O.Al.Na.3H/c1-2-3;;;;;/h2H2,1H3;;;;;/q-1;2*+1;;;-1. The van der Waals surface area contributed by atoms with Gasteiger partial charge in [-0.25, -0.2) is 0 Å². The van der Waals surface area contributed by atoms with Crippen LogP contribution in [0.2, 0.25) is 0 Å². The second-order valence-electron chi connectivity index (χ2n) is 0.577. The molecule has 5 heavy (non-hydrogen) atoms. The van der Waals surface area contributed by atoms with Crippen molar-refractivity contribution in [2.24, 2.45) is 0 Å². The minimum absolute atomic E-state index is 0. The summed E-state index contributed by atoms with van der Waals surface area (Å²) >= 11 is 0.890. The fourth-order valence-corrected chi connectivity index (χ4v) is 0. The Hall–Kier alpha value is 1.49. The van der Waals surface area contributed by atoms with Gasteiger partial charge in [-0.3, -0.25) is 0 Å². The first-order chi connectivity index (χ1) is 1.91. The van der Waals surface area contributed by atoms with Crippen molar-refractivity contribution in [2.75, 3.05) is 6.61 Å². The third-order valence-electron chi connectivity index (χ3n) is 0.289. The third kappa shape index (κ3) is 10.8.